The van der Waals surface area contributed by atoms with Gasteiger partial charge in [0.25, 0.3) is 0 Å². The second kappa shape index (κ2) is 5.41. The van der Waals surface area contributed by atoms with Gasteiger partial charge >= 0.3 is 0 Å². The van der Waals surface area contributed by atoms with E-state index in [1.54, 1.807) is 30.5 Å². The predicted molar refractivity (Wildman–Crippen MR) is 77.5 cm³/mol. The van der Waals surface area contributed by atoms with Crippen LogP contribution in [0.1, 0.15) is 5.69 Å². The summed E-state index contributed by atoms with van der Waals surface area (Å²) in [5.74, 6) is -0.373. The van der Waals surface area contributed by atoms with E-state index in [1.165, 1.54) is 6.07 Å². The molecule has 18 heavy (non-hydrogen) atoms. The Morgan fingerprint density at radius 2 is 2.11 bits per heavy atom. The van der Waals surface area contributed by atoms with Crippen LogP contribution in [0.4, 0.5) is 15.8 Å². The average molecular weight is 326 g/mol. The predicted octanol–water partition coefficient (Wildman–Crippen LogP) is 3.36. The number of nitrogens with one attached hydrogen (secondary N) is 1. The molecule has 92 valence electrons. The SMILES string of the molecule is NC(=S)c1ncccc1Nc1ccc(Br)cc1F. The van der Waals surface area contributed by atoms with Gasteiger partial charge in [0.1, 0.15) is 16.5 Å². The van der Waals surface area contributed by atoms with Crippen molar-refractivity contribution in [2.24, 2.45) is 5.73 Å². The van der Waals surface area contributed by atoms with Crippen molar-refractivity contribution in [2.45, 2.75) is 0 Å². The highest BCUT2D eigenvalue weighted by atomic mass is 79.9. The van der Waals surface area contributed by atoms with Gasteiger partial charge in [0, 0.05) is 10.7 Å². The quantitative estimate of drug-likeness (QED) is 0.849. The van der Waals surface area contributed by atoms with E-state index < -0.39 is 0 Å². The maximum absolute atomic E-state index is 13.7. The second-order valence-electron chi connectivity index (χ2n) is 3.51. The number of thiocarbonyl (C=S) groups is 1. The van der Waals surface area contributed by atoms with E-state index in [1.807, 2.05) is 0 Å². The summed E-state index contributed by atoms with van der Waals surface area (Å²) in [5, 5.41) is 2.92. The van der Waals surface area contributed by atoms with Crippen molar-refractivity contribution in [3.05, 3.63) is 52.5 Å². The van der Waals surface area contributed by atoms with E-state index in [-0.39, 0.29) is 10.8 Å². The fourth-order valence-electron chi connectivity index (χ4n) is 1.44. The van der Waals surface area contributed by atoms with Crippen LogP contribution < -0.4 is 11.1 Å². The van der Waals surface area contributed by atoms with Crippen molar-refractivity contribution >= 4 is 44.5 Å². The van der Waals surface area contributed by atoms with Crippen LogP contribution in [0.15, 0.2) is 41.0 Å². The van der Waals surface area contributed by atoms with Crippen LogP contribution in [0.3, 0.4) is 0 Å². The number of hydrogen-bond acceptors (Lipinski definition) is 3. The molecule has 0 radical (unpaired) electrons. The zero-order chi connectivity index (χ0) is 13.1. The molecular formula is C12H9BrFN3S. The smallest absolute Gasteiger partial charge is 0.147 e. The Hall–Kier alpha value is -1.53. The topological polar surface area (TPSA) is 50.9 Å². The molecule has 0 saturated heterocycles. The summed E-state index contributed by atoms with van der Waals surface area (Å²) in [6, 6.07) is 8.20. The third-order valence-corrected chi connectivity index (χ3v) is 2.93. The van der Waals surface area contributed by atoms with E-state index in [0.29, 0.717) is 21.5 Å². The van der Waals surface area contributed by atoms with E-state index in [4.69, 9.17) is 18.0 Å². The Labute approximate surface area is 117 Å². The monoisotopic (exact) mass is 325 g/mol. The Morgan fingerprint density at radius 1 is 1.33 bits per heavy atom. The molecule has 3 N–H and O–H groups in total. The largest absolute Gasteiger partial charge is 0.388 e. The van der Waals surface area contributed by atoms with Gasteiger partial charge in [-0.3, -0.25) is 4.98 Å². The summed E-state index contributed by atoms with van der Waals surface area (Å²) in [4.78, 5) is 4.22. The van der Waals surface area contributed by atoms with Crippen LogP contribution in [0.25, 0.3) is 0 Å². The molecule has 6 heteroatoms. The second-order valence-corrected chi connectivity index (χ2v) is 4.87. The first-order valence-corrected chi connectivity index (χ1v) is 6.25. The van der Waals surface area contributed by atoms with Gasteiger partial charge in [0.2, 0.25) is 0 Å². The number of benzene rings is 1. The Kier molecular flexibility index (Phi) is 3.88. The summed E-state index contributed by atoms with van der Waals surface area (Å²) in [6.45, 7) is 0. The van der Waals surface area contributed by atoms with Crippen molar-refractivity contribution in [3.8, 4) is 0 Å². The Bertz CT molecular complexity index is 604. The van der Waals surface area contributed by atoms with Crippen LogP contribution in [0.5, 0.6) is 0 Å². The molecule has 0 aliphatic carbocycles. The van der Waals surface area contributed by atoms with Crippen LogP contribution in [-0.4, -0.2) is 9.97 Å². The van der Waals surface area contributed by atoms with Gasteiger partial charge < -0.3 is 11.1 Å². The van der Waals surface area contributed by atoms with Gasteiger partial charge in [0.05, 0.1) is 11.4 Å². The van der Waals surface area contributed by atoms with E-state index in [9.17, 15) is 4.39 Å². The summed E-state index contributed by atoms with van der Waals surface area (Å²) < 4.78 is 14.4. The standard InChI is InChI=1S/C12H9BrFN3S/c13-7-3-4-9(8(14)6-7)17-10-2-1-5-16-11(10)12(15)18/h1-6,17H,(H2,15,18). The third-order valence-electron chi connectivity index (χ3n) is 2.24. The average Bonchev–Trinajstić information content (AvgIpc) is 2.33. The number of halogens is 2. The first-order valence-electron chi connectivity index (χ1n) is 5.05. The third kappa shape index (κ3) is 2.83. The molecule has 0 bridgehead atoms. The fraction of sp³-hybridized carbons (Fsp3) is 0. The lowest BCUT2D eigenvalue weighted by Crippen LogP contribution is -2.14. The molecule has 2 aromatic rings. The maximum Gasteiger partial charge on any atom is 0.147 e. The highest BCUT2D eigenvalue weighted by molar-refractivity contribution is 9.10. The fourth-order valence-corrected chi connectivity index (χ4v) is 1.93. The van der Waals surface area contributed by atoms with Crippen LogP contribution in [0, 0.1) is 5.82 Å². The zero-order valence-corrected chi connectivity index (χ0v) is 11.6. The lowest BCUT2D eigenvalue weighted by Gasteiger charge is -2.10. The molecule has 2 rings (SSSR count). The molecule has 0 fully saturated rings. The Balaban J connectivity index is 2.37. The van der Waals surface area contributed by atoms with Crippen LogP contribution in [0.2, 0.25) is 0 Å². The molecular weight excluding hydrogens is 317 g/mol. The molecule has 0 unspecified atom stereocenters. The number of aromatic nitrogens is 1. The van der Waals surface area contributed by atoms with Crippen molar-refractivity contribution < 1.29 is 4.39 Å². The van der Waals surface area contributed by atoms with Crippen molar-refractivity contribution in [1.29, 1.82) is 0 Å². The van der Waals surface area contributed by atoms with Crippen LogP contribution in [-0.2, 0) is 0 Å². The Morgan fingerprint density at radius 3 is 2.78 bits per heavy atom. The van der Waals surface area contributed by atoms with Gasteiger partial charge in [-0.25, -0.2) is 4.39 Å². The molecule has 0 saturated carbocycles. The minimum absolute atomic E-state index is 0.163. The first-order chi connectivity index (χ1) is 8.58. The van der Waals surface area contributed by atoms with Gasteiger partial charge in [-0.2, -0.15) is 0 Å². The van der Waals surface area contributed by atoms with E-state index in [0.717, 1.165) is 0 Å². The minimum Gasteiger partial charge on any atom is -0.388 e. The summed E-state index contributed by atoms with van der Waals surface area (Å²) in [6.07, 6.45) is 1.58. The first kappa shape index (κ1) is 12.9. The number of pyridine rings is 1. The van der Waals surface area contributed by atoms with Crippen molar-refractivity contribution in [3.63, 3.8) is 0 Å². The highest BCUT2D eigenvalue weighted by Gasteiger charge is 2.08. The van der Waals surface area contributed by atoms with Crippen LogP contribution >= 0.6 is 28.1 Å². The number of rotatable bonds is 3. The van der Waals surface area contributed by atoms with Gasteiger partial charge in [-0.05, 0) is 30.3 Å². The summed E-state index contributed by atoms with van der Waals surface area (Å²) in [5.41, 5.74) is 6.91. The zero-order valence-electron chi connectivity index (χ0n) is 9.15. The summed E-state index contributed by atoms with van der Waals surface area (Å²) in [7, 11) is 0. The molecule has 0 spiro atoms. The lowest BCUT2D eigenvalue weighted by molar-refractivity contribution is 0.631. The molecule has 1 aromatic heterocycles. The normalized spacial score (nSPS) is 10.1. The number of hydrogen-bond donors (Lipinski definition) is 2. The maximum atomic E-state index is 13.7. The number of nitrogens with zero attached hydrogens (tertiary/aromatic N) is 1. The molecule has 0 amide bonds. The molecule has 3 nitrogen and oxygen atoms in total. The number of anilines is 2. The van der Waals surface area contributed by atoms with Gasteiger partial charge in [0.15, 0.2) is 0 Å². The van der Waals surface area contributed by atoms with Crippen molar-refractivity contribution in [2.75, 3.05) is 5.32 Å². The van der Waals surface area contributed by atoms with Crippen molar-refractivity contribution in [1.82, 2.24) is 4.98 Å². The van der Waals surface area contributed by atoms with Gasteiger partial charge in [-0.1, -0.05) is 28.1 Å². The molecule has 1 heterocycles. The number of nitrogens with two attached hydrogens (primary N) is 1. The highest BCUT2D eigenvalue weighted by Crippen LogP contribution is 2.24. The summed E-state index contributed by atoms with van der Waals surface area (Å²) >= 11 is 8.09. The molecule has 0 aliphatic rings. The lowest BCUT2D eigenvalue weighted by atomic mass is 10.2. The van der Waals surface area contributed by atoms with Gasteiger partial charge in [-0.15, -0.1) is 0 Å². The van der Waals surface area contributed by atoms with E-state index in [2.05, 4.69) is 26.2 Å². The molecule has 0 aliphatic heterocycles. The molecule has 1 aromatic carbocycles. The minimum atomic E-state index is -0.373. The molecule has 0 atom stereocenters. The van der Waals surface area contributed by atoms with E-state index >= 15 is 0 Å².